The molecule has 2 aromatic carbocycles. The van der Waals surface area contributed by atoms with E-state index in [-0.39, 0.29) is 5.91 Å². The van der Waals surface area contributed by atoms with Crippen molar-refractivity contribution in [3.8, 4) is 17.0 Å². The summed E-state index contributed by atoms with van der Waals surface area (Å²) in [5.74, 6) is 2.32. The van der Waals surface area contributed by atoms with Crippen LogP contribution in [0.2, 0.25) is 0 Å². The highest BCUT2D eigenvalue weighted by Crippen LogP contribution is 2.28. The summed E-state index contributed by atoms with van der Waals surface area (Å²) < 4.78 is 5.30. The van der Waals surface area contributed by atoms with Gasteiger partial charge in [0.15, 0.2) is 5.82 Å². The molecule has 1 N–H and O–H groups in total. The van der Waals surface area contributed by atoms with Crippen LogP contribution in [0.5, 0.6) is 5.75 Å². The maximum absolute atomic E-state index is 12.9. The van der Waals surface area contributed by atoms with Gasteiger partial charge >= 0.3 is 0 Å². The molecule has 224 valence electrons. The maximum atomic E-state index is 12.9. The van der Waals surface area contributed by atoms with Crippen molar-refractivity contribution in [2.75, 3.05) is 12.4 Å². The minimum absolute atomic E-state index is 0.0838. The minimum Gasteiger partial charge on any atom is -0.497 e. The van der Waals surface area contributed by atoms with E-state index < -0.39 is 0 Å². The Bertz CT molecular complexity index is 1170. The molecule has 0 fully saturated rings. The number of nitrogens with one attached hydrogen (secondary N) is 1. The Morgan fingerprint density at radius 3 is 2.22 bits per heavy atom. The van der Waals surface area contributed by atoms with E-state index >= 15 is 0 Å². The number of aromatic nitrogens is 2. The van der Waals surface area contributed by atoms with Gasteiger partial charge in [0.2, 0.25) is 5.91 Å². The third-order valence-electron chi connectivity index (χ3n) is 6.83. The van der Waals surface area contributed by atoms with E-state index in [0.717, 1.165) is 60.4 Å². The fourth-order valence-corrected chi connectivity index (χ4v) is 4.49. The fraction of sp³-hybridized carbons (Fsp3) is 0.472. The molecule has 0 aliphatic heterocycles. The van der Waals surface area contributed by atoms with Gasteiger partial charge in [0, 0.05) is 5.56 Å². The van der Waals surface area contributed by atoms with E-state index in [1.165, 1.54) is 11.1 Å². The van der Waals surface area contributed by atoms with Crippen LogP contribution in [-0.2, 0) is 17.6 Å². The number of methoxy groups -OCH3 is 1. The average Bonchev–Trinajstić information content (AvgIpc) is 2.99. The van der Waals surface area contributed by atoms with Crippen LogP contribution in [0.15, 0.2) is 66.9 Å². The van der Waals surface area contributed by atoms with E-state index in [4.69, 9.17) is 9.72 Å². The molecule has 5 heteroatoms. The Hall–Kier alpha value is -3.47. The topological polar surface area (TPSA) is 64.1 Å². The molecule has 2 atom stereocenters. The summed E-state index contributed by atoms with van der Waals surface area (Å²) in [6, 6.07) is 15.9. The number of anilines is 1. The smallest absolute Gasteiger partial charge is 0.229 e. The molecule has 0 radical (unpaired) electrons. The lowest BCUT2D eigenvalue weighted by molar-refractivity contribution is -0.115. The number of carbonyl (C=O) groups excluding carboxylic acids is 1. The Kier molecular flexibility index (Phi) is 17.0. The Morgan fingerprint density at radius 1 is 1.02 bits per heavy atom. The van der Waals surface area contributed by atoms with Gasteiger partial charge in [-0.2, -0.15) is 0 Å². The van der Waals surface area contributed by atoms with Crippen LogP contribution in [-0.4, -0.2) is 23.0 Å². The first kappa shape index (κ1) is 35.6. The number of ether oxygens (including phenoxy) is 1. The number of rotatable bonds is 13. The second-order valence-corrected chi connectivity index (χ2v) is 10.3. The van der Waals surface area contributed by atoms with Gasteiger partial charge in [-0.3, -0.25) is 4.79 Å². The third kappa shape index (κ3) is 12.7. The van der Waals surface area contributed by atoms with Crippen LogP contribution >= 0.6 is 0 Å². The zero-order valence-electron chi connectivity index (χ0n) is 27.0. The van der Waals surface area contributed by atoms with Crippen LogP contribution in [0, 0.1) is 18.8 Å². The monoisotopic (exact) mass is 559 g/mol. The van der Waals surface area contributed by atoms with Gasteiger partial charge in [0.05, 0.1) is 31.1 Å². The van der Waals surface area contributed by atoms with Crippen molar-refractivity contribution >= 4 is 11.7 Å². The van der Waals surface area contributed by atoms with Crippen molar-refractivity contribution in [2.24, 2.45) is 11.8 Å². The van der Waals surface area contributed by atoms with Crippen molar-refractivity contribution in [3.63, 3.8) is 0 Å². The molecule has 5 nitrogen and oxygen atoms in total. The molecule has 0 aliphatic carbocycles. The molecule has 3 rings (SSSR count). The largest absolute Gasteiger partial charge is 0.497 e. The fourth-order valence-electron chi connectivity index (χ4n) is 4.49. The van der Waals surface area contributed by atoms with E-state index in [9.17, 15) is 4.79 Å². The number of hydrogen-bond acceptors (Lipinski definition) is 4. The molecule has 0 spiro atoms. The minimum atomic E-state index is -0.0838. The van der Waals surface area contributed by atoms with Crippen LogP contribution in [0.4, 0.5) is 5.82 Å². The predicted octanol–water partition coefficient (Wildman–Crippen LogP) is 9.65. The standard InChI is InChI=1S/C32H41N3O2.2C2H6/c1-7-25(18-24(5)9-8-22(2)3)19-29-32(35-31(36)20-26-12-10-23(4)11-13-26)33-21-30(34-29)27-14-16-28(37-6)17-15-27;2*1-2/h10-17,21,24-25H,2,7-9,18-20H2,1,3-6H3,(H,33,35,36);2*1-2H3. The van der Waals surface area contributed by atoms with Gasteiger partial charge in [-0.05, 0) is 81.2 Å². The Labute approximate surface area is 249 Å². The highest BCUT2D eigenvalue weighted by molar-refractivity contribution is 5.92. The van der Waals surface area contributed by atoms with E-state index in [2.05, 4.69) is 37.7 Å². The Balaban J connectivity index is 0.00000201. The second-order valence-electron chi connectivity index (χ2n) is 10.3. The molecule has 3 aromatic rings. The maximum Gasteiger partial charge on any atom is 0.229 e. The van der Waals surface area contributed by atoms with Crippen LogP contribution in [0.25, 0.3) is 11.3 Å². The normalized spacial score (nSPS) is 11.6. The third-order valence-corrected chi connectivity index (χ3v) is 6.83. The quantitative estimate of drug-likeness (QED) is 0.212. The van der Waals surface area contributed by atoms with Crippen LogP contribution in [0.3, 0.4) is 0 Å². The number of hydrogen-bond donors (Lipinski definition) is 1. The van der Waals surface area contributed by atoms with Gasteiger partial charge < -0.3 is 10.1 Å². The van der Waals surface area contributed by atoms with E-state index in [1.807, 2.05) is 83.1 Å². The first-order valence-corrected chi connectivity index (χ1v) is 15.3. The number of allylic oxidation sites excluding steroid dienone is 1. The number of benzene rings is 2. The number of carbonyl (C=O) groups is 1. The van der Waals surface area contributed by atoms with Gasteiger partial charge in [-0.1, -0.05) is 83.4 Å². The molecular formula is C36H53N3O2. The lowest BCUT2D eigenvalue weighted by Crippen LogP contribution is -2.19. The van der Waals surface area contributed by atoms with Gasteiger partial charge in [0.25, 0.3) is 0 Å². The van der Waals surface area contributed by atoms with Crippen molar-refractivity contribution in [2.45, 2.75) is 93.9 Å². The number of nitrogens with zero attached hydrogens (tertiary/aromatic N) is 2. The van der Waals surface area contributed by atoms with E-state index in [0.29, 0.717) is 24.1 Å². The first-order chi connectivity index (χ1) is 19.8. The number of aryl methyl sites for hydroxylation is 1. The summed E-state index contributed by atoms with van der Waals surface area (Å²) in [5.41, 5.74) is 5.98. The highest BCUT2D eigenvalue weighted by Gasteiger charge is 2.19. The molecule has 1 amide bonds. The Morgan fingerprint density at radius 2 is 1.66 bits per heavy atom. The highest BCUT2D eigenvalue weighted by atomic mass is 16.5. The van der Waals surface area contributed by atoms with Crippen molar-refractivity contribution in [1.29, 1.82) is 0 Å². The lowest BCUT2D eigenvalue weighted by Gasteiger charge is -2.21. The van der Waals surface area contributed by atoms with Gasteiger partial charge in [-0.25, -0.2) is 9.97 Å². The summed E-state index contributed by atoms with van der Waals surface area (Å²) in [7, 11) is 1.66. The zero-order valence-corrected chi connectivity index (χ0v) is 27.0. The molecular weight excluding hydrogens is 506 g/mol. The average molecular weight is 560 g/mol. The molecule has 0 bridgehead atoms. The molecule has 2 unspecified atom stereocenters. The van der Waals surface area contributed by atoms with Crippen LogP contribution < -0.4 is 10.1 Å². The molecule has 1 aromatic heterocycles. The zero-order chi connectivity index (χ0) is 30.8. The summed E-state index contributed by atoms with van der Waals surface area (Å²) >= 11 is 0. The molecule has 41 heavy (non-hydrogen) atoms. The lowest BCUT2D eigenvalue weighted by atomic mass is 9.87. The first-order valence-electron chi connectivity index (χ1n) is 15.3. The van der Waals surface area contributed by atoms with Gasteiger partial charge in [-0.15, -0.1) is 6.58 Å². The molecule has 0 aliphatic rings. The summed E-state index contributed by atoms with van der Waals surface area (Å²) in [6.07, 6.45) is 7.16. The molecule has 1 heterocycles. The van der Waals surface area contributed by atoms with Crippen LogP contribution in [0.1, 0.15) is 91.0 Å². The van der Waals surface area contributed by atoms with E-state index in [1.54, 1.807) is 13.3 Å². The van der Waals surface area contributed by atoms with Crippen molar-refractivity contribution < 1.29 is 9.53 Å². The van der Waals surface area contributed by atoms with Gasteiger partial charge in [0.1, 0.15) is 5.75 Å². The van der Waals surface area contributed by atoms with Crippen molar-refractivity contribution in [1.82, 2.24) is 9.97 Å². The summed E-state index contributed by atoms with van der Waals surface area (Å²) in [5, 5.41) is 3.05. The molecule has 0 saturated heterocycles. The second kappa shape index (κ2) is 19.6. The SMILES string of the molecule is C=C(C)CCC(C)CC(CC)Cc1nc(-c2ccc(OC)cc2)cnc1NC(=O)Cc1ccc(C)cc1.CC.CC. The van der Waals surface area contributed by atoms with Crippen molar-refractivity contribution in [3.05, 3.63) is 83.7 Å². The summed E-state index contributed by atoms with van der Waals surface area (Å²) in [6.45, 7) is 20.7. The number of amides is 1. The summed E-state index contributed by atoms with van der Waals surface area (Å²) in [4.78, 5) is 22.6. The predicted molar refractivity (Wildman–Crippen MR) is 176 cm³/mol. The molecule has 0 saturated carbocycles.